The van der Waals surface area contributed by atoms with Gasteiger partial charge in [-0.15, -0.1) is 0 Å². The first-order chi connectivity index (χ1) is 15.2. The number of benzene rings is 2. The predicted octanol–water partition coefficient (Wildman–Crippen LogP) is 6.20. The van der Waals surface area contributed by atoms with Gasteiger partial charge in [-0.3, -0.25) is 4.79 Å². The van der Waals surface area contributed by atoms with E-state index < -0.39 is 5.54 Å². The summed E-state index contributed by atoms with van der Waals surface area (Å²) < 4.78 is 6.01. The van der Waals surface area contributed by atoms with E-state index in [1.807, 2.05) is 69.3 Å². The second kappa shape index (κ2) is 8.54. The van der Waals surface area contributed by atoms with Gasteiger partial charge in [-0.25, -0.2) is 4.79 Å². The molecule has 0 N–H and O–H groups in total. The summed E-state index contributed by atoms with van der Waals surface area (Å²) in [6.07, 6.45) is 0. The number of rotatable bonds is 2. The van der Waals surface area contributed by atoms with Crippen LogP contribution >= 0.6 is 35.7 Å². The van der Waals surface area contributed by atoms with Crippen molar-refractivity contribution in [1.29, 1.82) is 0 Å². The molecule has 0 saturated carbocycles. The van der Waals surface area contributed by atoms with Crippen molar-refractivity contribution in [3.63, 3.8) is 0 Å². The lowest BCUT2D eigenvalue weighted by Gasteiger charge is -2.45. The van der Waals surface area contributed by atoms with E-state index in [-0.39, 0.29) is 11.9 Å². The highest BCUT2D eigenvalue weighted by molar-refractivity contribution is 8.32. The second-order valence-electron chi connectivity index (χ2n) is 8.15. The van der Waals surface area contributed by atoms with Gasteiger partial charge in [0, 0.05) is 23.0 Å². The molecule has 0 atom stereocenters. The standard InChI is InChI=1S/C25H23NO3S3/c1-14-11-12-17-18(13-14)26(15(2)27)25(3,4)22(30)19(17)24-31-20(16-9-7-6-8-10-16)21(32-24)23(28)29-5/h6-13H,1-5H3. The highest BCUT2D eigenvalue weighted by Gasteiger charge is 2.44. The van der Waals surface area contributed by atoms with Crippen LogP contribution in [-0.2, 0) is 14.3 Å². The zero-order valence-corrected chi connectivity index (χ0v) is 21.0. The largest absolute Gasteiger partial charge is 0.465 e. The number of hydrogen-bond donors (Lipinski definition) is 0. The molecule has 164 valence electrons. The first-order valence-electron chi connectivity index (χ1n) is 10.1. The lowest BCUT2D eigenvalue weighted by molar-refractivity contribution is -0.135. The molecule has 4 nitrogen and oxygen atoms in total. The quantitative estimate of drug-likeness (QED) is 0.289. The van der Waals surface area contributed by atoms with E-state index in [0.717, 1.165) is 37.1 Å². The van der Waals surface area contributed by atoms with Gasteiger partial charge in [0.15, 0.2) is 0 Å². The number of carbonyl (C=O) groups is 2. The summed E-state index contributed by atoms with van der Waals surface area (Å²) in [5.41, 5.74) is 3.98. The molecule has 0 bridgehead atoms. The van der Waals surface area contributed by atoms with Crippen LogP contribution in [-0.4, -0.2) is 29.4 Å². The Morgan fingerprint density at radius 3 is 2.38 bits per heavy atom. The molecule has 2 aliphatic heterocycles. The van der Waals surface area contributed by atoms with E-state index in [2.05, 4.69) is 0 Å². The van der Waals surface area contributed by atoms with Gasteiger partial charge in [-0.2, -0.15) is 0 Å². The minimum atomic E-state index is -0.688. The average molecular weight is 482 g/mol. The third-order valence-corrected chi connectivity index (χ3v) is 8.86. The summed E-state index contributed by atoms with van der Waals surface area (Å²) in [5, 5.41) is 0. The van der Waals surface area contributed by atoms with Crippen molar-refractivity contribution in [3.8, 4) is 0 Å². The van der Waals surface area contributed by atoms with Crippen LogP contribution < -0.4 is 4.90 Å². The van der Waals surface area contributed by atoms with Gasteiger partial charge in [0.05, 0.1) is 27.4 Å². The molecular weight excluding hydrogens is 458 g/mol. The van der Waals surface area contributed by atoms with Crippen LogP contribution in [0.25, 0.3) is 10.5 Å². The molecule has 0 fully saturated rings. The zero-order valence-electron chi connectivity index (χ0n) is 18.5. The molecule has 0 saturated heterocycles. The number of thioether (sulfide) groups is 2. The number of methoxy groups -OCH3 is 1. The number of thiocarbonyl (C=S) groups is 1. The van der Waals surface area contributed by atoms with Crippen LogP contribution in [0.3, 0.4) is 0 Å². The van der Waals surface area contributed by atoms with Crippen LogP contribution in [0.4, 0.5) is 5.69 Å². The smallest absolute Gasteiger partial charge is 0.345 e. The summed E-state index contributed by atoms with van der Waals surface area (Å²) in [4.78, 5) is 29.2. The third-order valence-electron chi connectivity index (χ3n) is 5.53. The molecule has 2 aliphatic rings. The second-order valence-corrected chi connectivity index (χ2v) is 10.9. The molecule has 32 heavy (non-hydrogen) atoms. The van der Waals surface area contributed by atoms with E-state index in [1.165, 1.54) is 30.6 Å². The Bertz CT molecular complexity index is 1210. The highest BCUT2D eigenvalue weighted by Crippen LogP contribution is 2.58. The number of hydrogen-bond acceptors (Lipinski definition) is 6. The van der Waals surface area contributed by atoms with Crippen molar-refractivity contribution < 1.29 is 14.3 Å². The molecule has 2 heterocycles. The number of ether oxygens (including phenoxy) is 1. The fourth-order valence-corrected chi connectivity index (χ4v) is 7.20. The Kier molecular flexibility index (Phi) is 6.09. The predicted molar refractivity (Wildman–Crippen MR) is 138 cm³/mol. The molecule has 7 heteroatoms. The van der Waals surface area contributed by atoms with Gasteiger partial charge in [0.2, 0.25) is 5.91 Å². The van der Waals surface area contributed by atoms with E-state index >= 15 is 0 Å². The van der Waals surface area contributed by atoms with Crippen LogP contribution in [0.2, 0.25) is 0 Å². The number of nitrogens with zero attached hydrogens (tertiary/aromatic N) is 1. The fourth-order valence-electron chi connectivity index (χ4n) is 4.04. The van der Waals surface area contributed by atoms with Gasteiger partial charge < -0.3 is 9.64 Å². The fraction of sp³-hybridized carbons (Fsp3) is 0.240. The normalized spacial score (nSPS) is 19.8. The summed E-state index contributed by atoms with van der Waals surface area (Å²) in [6, 6.07) is 15.9. The molecule has 0 unspecified atom stereocenters. The minimum Gasteiger partial charge on any atom is -0.465 e. The Morgan fingerprint density at radius 1 is 1.06 bits per heavy atom. The Morgan fingerprint density at radius 2 is 1.75 bits per heavy atom. The molecule has 0 spiro atoms. The number of carbonyl (C=O) groups excluding carboxylic acids is 2. The zero-order chi connectivity index (χ0) is 23.2. The maximum absolute atomic E-state index is 12.6. The van der Waals surface area contributed by atoms with E-state index in [1.54, 1.807) is 11.8 Å². The maximum Gasteiger partial charge on any atom is 0.345 e. The van der Waals surface area contributed by atoms with Crippen molar-refractivity contribution >= 4 is 68.6 Å². The van der Waals surface area contributed by atoms with E-state index in [0.29, 0.717) is 9.77 Å². The topological polar surface area (TPSA) is 46.6 Å². The summed E-state index contributed by atoms with van der Waals surface area (Å²) in [6.45, 7) is 7.52. The molecule has 2 aromatic rings. The van der Waals surface area contributed by atoms with Crippen molar-refractivity contribution in [2.45, 2.75) is 33.2 Å². The van der Waals surface area contributed by atoms with Crippen molar-refractivity contribution in [1.82, 2.24) is 0 Å². The molecule has 0 aromatic heterocycles. The number of anilines is 1. The van der Waals surface area contributed by atoms with Crippen molar-refractivity contribution in [2.75, 3.05) is 12.0 Å². The summed E-state index contributed by atoms with van der Waals surface area (Å²) in [5.74, 6) is -0.425. The van der Waals surface area contributed by atoms with Gasteiger partial charge in [-0.05, 0) is 38.0 Å². The van der Waals surface area contributed by atoms with Crippen LogP contribution in [0.1, 0.15) is 37.5 Å². The monoisotopic (exact) mass is 481 g/mol. The van der Waals surface area contributed by atoms with Gasteiger partial charge in [0.1, 0.15) is 4.91 Å². The number of esters is 1. The Hall–Kier alpha value is -2.35. The molecule has 0 radical (unpaired) electrons. The van der Waals surface area contributed by atoms with Gasteiger partial charge in [0.25, 0.3) is 0 Å². The van der Waals surface area contributed by atoms with E-state index in [4.69, 9.17) is 17.0 Å². The molecule has 2 aromatic carbocycles. The molecular formula is C25H23NO3S3. The third kappa shape index (κ3) is 3.72. The summed E-state index contributed by atoms with van der Waals surface area (Å²) >= 11 is 8.91. The Labute approximate surface area is 202 Å². The minimum absolute atomic E-state index is 0.0571. The van der Waals surface area contributed by atoms with Gasteiger partial charge in [-0.1, -0.05) is 78.2 Å². The van der Waals surface area contributed by atoms with Crippen LogP contribution in [0, 0.1) is 6.92 Å². The van der Waals surface area contributed by atoms with Crippen LogP contribution in [0.15, 0.2) is 57.7 Å². The average Bonchev–Trinajstić information content (AvgIpc) is 3.19. The molecule has 0 aliphatic carbocycles. The maximum atomic E-state index is 12.6. The molecule has 4 rings (SSSR count). The first kappa shape index (κ1) is 22.8. The lowest BCUT2D eigenvalue weighted by atomic mass is 9.83. The van der Waals surface area contributed by atoms with Gasteiger partial charge >= 0.3 is 5.97 Å². The number of amides is 1. The van der Waals surface area contributed by atoms with Crippen LogP contribution in [0.5, 0.6) is 0 Å². The summed E-state index contributed by atoms with van der Waals surface area (Å²) in [7, 11) is 1.39. The Balaban J connectivity index is 1.94. The number of fused-ring (bicyclic) bond motifs is 1. The lowest BCUT2D eigenvalue weighted by Crippen LogP contribution is -2.55. The number of aryl methyl sites for hydroxylation is 1. The first-order valence-corrected chi connectivity index (χ1v) is 12.2. The van der Waals surface area contributed by atoms with E-state index in [9.17, 15) is 9.59 Å². The highest BCUT2D eigenvalue weighted by atomic mass is 32.2. The molecule has 1 amide bonds. The SMILES string of the molecule is COC(=O)C1=C(c2ccccc2)SC(=C2C(=S)C(C)(C)N(C(C)=O)c3cc(C)ccc32)S1. The van der Waals surface area contributed by atoms with Crippen molar-refractivity contribution in [2.24, 2.45) is 0 Å². The van der Waals surface area contributed by atoms with Crippen molar-refractivity contribution in [3.05, 3.63) is 74.4 Å².